The summed E-state index contributed by atoms with van der Waals surface area (Å²) in [6.45, 7) is 2.96. The van der Waals surface area contributed by atoms with Crippen LogP contribution in [0.15, 0.2) is 72.8 Å². The Morgan fingerprint density at radius 2 is 1.74 bits per heavy atom. The van der Waals surface area contributed by atoms with Crippen LogP contribution >= 0.6 is 0 Å². The summed E-state index contributed by atoms with van der Waals surface area (Å²) in [4.78, 5) is 13.9. The fourth-order valence-electron chi connectivity index (χ4n) is 7.44. The molecule has 3 aromatic carbocycles. The van der Waals surface area contributed by atoms with E-state index in [1.165, 1.54) is 27.9 Å². The maximum atomic E-state index is 11.5. The van der Waals surface area contributed by atoms with Crippen molar-refractivity contribution in [3.05, 3.63) is 95.1 Å². The summed E-state index contributed by atoms with van der Waals surface area (Å²) < 4.78 is 11.9. The van der Waals surface area contributed by atoms with Gasteiger partial charge < -0.3 is 29.9 Å². The number of piperidine rings is 1. The molecule has 7 nitrogen and oxygen atoms in total. The van der Waals surface area contributed by atoms with Gasteiger partial charge in [-0.15, -0.1) is 0 Å². The van der Waals surface area contributed by atoms with Crippen LogP contribution in [0.25, 0.3) is 0 Å². The zero-order valence-corrected chi connectivity index (χ0v) is 24.3. The number of fused-ring (bicyclic) bond motifs is 1. The van der Waals surface area contributed by atoms with Gasteiger partial charge in [-0.25, -0.2) is 0 Å². The molecule has 0 saturated carbocycles. The molecule has 0 amide bonds. The molecule has 0 spiro atoms. The largest absolute Gasteiger partial charge is 0.508 e. The number of aryl methyl sites for hydroxylation is 1. The van der Waals surface area contributed by atoms with Gasteiger partial charge in [0.1, 0.15) is 11.8 Å². The Morgan fingerprint density at radius 3 is 2.45 bits per heavy atom. The molecule has 2 heterocycles. The average molecular weight is 571 g/mol. The first-order valence-electron chi connectivity index (χ1n) is 15.3. The highest BCUT2D eigenvalue weighted by molar-refractivity contribution is 5.74. The molecular weight excluding hydrogens is 528 g/mol. The van der Waals surface area contributed by atoms with Crippen molar-refractivity contribution in [1.29, 1.82) is 0 Å². The molecule has 2 saturated heterocycles. The summed E-state index contributed by atoms with van der Waals surface area (Å²) in [7, 11) is 1.69. The third kappa shape index (κ3) is 6.05. The zero-order valence-electron chi connectivity index (χ0n) is 24.3. The van der Waals surface area contributed by atoms with E-state index < -0.39 is 12.0 Å². The Bertz CT molecular complexity index is 1340. The van der Waals surface area contributed by atoms with Crippen LogP contribution < -0.4 is 10.2 Å². The quantitative estimate of drug-likeness (QED) is 0.292. The maximum Gasteiger partial charge on any atom is 0.321 e. The van der Waals surface area contributed by atoms with E-state index in [4.69, 9.17) is 9.47 Å². The van der Waals surface area contributed by atoms with Crippen LogP contribution in [0.4, 0.5) is 5.69 Å². The number of carboxylic acids is 1. The molecule has 2 fully saturated rings. The second kappa shape index (κ2) is 12.9. The number of nitrogens with one attached hydrogen (secondary N) is 1. The Kier molecular flexibility index (Phi) is 8.79. The van der Waals surface area contributed by atoms with Crippen molar-refractivity contribution < 1.29 is 24.5 Å². The molecule has 0 bridgehead atoms. The molecule has 3 aliphatic rings. The Balaban J connectivity index is 1.12. The van der Waals surface area contributed by atoms with Crippen LogP contribution in [0.5, 0.6) is 5.75 Å². The molecule has 42 heavy (non-hydrogen) atoms. The van der Waals surface area contributed by atoms with Gasteiger partial charge in [0.25, 0.3) is 0 Å². The minimum atomic E-state index is -0.808. The SMILES string of the molecule is COC(OCC1CCN[C@H]1C(=O)O)C1CCN(c2ccc([C@@H]3c4ccc(O)cc4CC[C@@H]3c3ccccc3)cc2)CC1. The number of aromatic hydroxyl groups is 1. The predicted octanol–water partition coefficient (Wildman–Crippen LogP) is 5.52. The summed E-state index contributed by atoms with van der Waals surface area (Å²) in [6.07, 6.45) is 4.43. The second-order valence-corrected chi connectivity index (χ2v) is 12.1. The Labute approximate surface area is 248 Å². The smallest absolute Gasteiger partial charge is 0.321 e. The van der Waals surface area contributed by atoms with Crippen LogP contribution in [-0.4, -0.2) is 61.9 Å². The number of nitrogens with zero attached hydrogens (tertiary/aromatic N) is 1. The van der Waals surface area contributed by atoms with Crippen LogP contribution in [0, 0.1) is 11.8 Å². The van der Waals surface area contributed by atoms with Crippen LogP contribution in [-0.2, 0) is 20.7 Å². The molecule has 0 radical (unpaired) electrons. The van der Waals surface area contributed by atoms with Crippen LogP contribution in [0.2, 0.25) is 0 Å². The highest BCUT2D eigenvalue weighted by atomic mass is 16.7. The van der Waals surface area contributed by atoms with Crippen molar-refractivity contribution >= 4 is 11.7 Å². The standard InChI is InChI=1S/C35H42N2O5/c1-41-35(42-22-27-15-18-36-33(27)34(39)40)25-16-19-37(20-17-25)28-10-7-24(8-11-28)32-30(23-5-3-2-4-6-23)13-9-26-21-29(38)12-14-31(26)32/h2-8,10-12,14,21,25,27,30,32-33,35-36,38H,9,13,15-20,22H2,1H3,(H,39,40)/t27?,30-,32+,33-,35?/m1/s1. The number of carbonyl (C=O) groups is 1. The van der Waals surface area contributed by atoms with E-state index in [9.17, 15) is 15.0 Å². The Hall–Kier alpha value is -3.39. The number of benzene rings is 3. The number of hydrogen-bond acceptors (Lipinski definition) is 6. The van der Waals surface area contributed by atoms with Crippen molar-refractivity contribution in [2.75, 3.05) is 38.3 Å². The normalized spacial score (nSPS) is 25.2. The van der Waals surface area contributed by atoms with E-state index in [0.717, 1.165) is 45.2 Å². The summed E-state index contributed by atoms with van der Waals surface area (Å²) in [5.41, 5.74) is 6.46. The number of anilines is 1. The molecule has 3 N–H and O–H groups in total. The van der Waals surface area contributed by atoms with Gasteiger partial charge in [-0.2, -0.15) is 0 Å². The number of ether oxygens (including phenoxy) is 2. The highest BCUT2D eigenvalue weighted by Gasteiger charge is 2.35. The molecule has 3 aromatic rings. The van der Waals surface area contributed by atoms with Crippen molar-refractivity contribution in [3.63, 3.8) is 0 Å². The lowest BCUT2D eigenvalue weighted by Crippen LogP contribution is -2.41. The van der Waals surface area contributed by atoms with E-state index in [-0.39, 0.29) is 24.0 Å². The van der Waals surface area contributed by atoms with E-state index in [1.54, 1.807) is 7.11 Å². The molecule has 5 atom stereocenters. The topological polar surface area (TPSA) is 91.3 Å². The number of aliphatic carboxylic acids is 1. The van der Waals surface area contributed by atoms with Gasteiger partial charge in [0.2, 0.25) is 0 Å². The molecule has 6 rings (SSSR count). The molecule has 2 aliphatic heterocycles. The first-order chi connectivity index (χ1) is 20.5. The van der Waals surface area contributed by atoms with Crippen molar-refractivity contribution in [3.8, 4) is 5.75 Å². The maximum absolute atomic E-state index is 11.5. The number of methoxy groups -OCH3 is 1. The van der Waals surface area contributed by atoms with E-state index in [2.05, 4.69) is 70.9 Å². The third-order valence-corrected chi connectivity index (χ3v) is 9.68. The molecular formula is C35H42N2O5. The van der Waals surface area contributed by atoms with Gasteiger partial charge >= 0.3 is 5.97 Å². The van der Waals surface area contributed by atoms with Gasteiger partial charge in [-0.3, -0.25) is 4.79 Å². The van der Waals surface area contributed by atoms with Gasteiger partial charge in [0.05, 0.1) is 6.61 Å². The predicted molar refractivity (Wildman–Crippen MR) is 163 cm³/mol. The lowest BCUT2D eigenvalue weighted by molar-refractivity contribution is -0.169. The fraction of sp³-hybridized carbons (Fsp3) is 0.457. The van der Waals surface area contributed by atoms with E-state index >= 15 is 0 Å². The number of hydrogen-bond donors (Lipinski definition) is 3. The summed E-state index contributed by atoms with van der Waals surface area (Å²) in [5, 5.41) is 22.6. The van der Waals surface area contributed by atoms with Gasteiger partial charge in [-0.1, -0.05) is 48.5 Å². The first-order valence-corrected chi connectivity index (χ1v) is 15.3. The third-order valence-electron chi connectivity index (χ3n) is 9.68. The van der Waals surface area contributed by atoms with Gasteiger partial charge in [0.15, 0.2) is 6.29 Å². The lowest BCUT2D eigenvalue weighted by Gasteiger charge is -2.37. The number of phenolic OH excluding ortho intramolecular Hbond substituents is 1. The molecule has 1 aliphatic carbocycles. The van der Waals surface area contributed by atoms with Crippen molar-refractivity contribution in [1.82, 2.24) is 5.32 Å². The second-order valence-electron chi connectivity index (χ2n) is 12.1. The minimum Gasteiger partial charge on any atom is -0.508 e. The van der Waals surface area contributed by atoms with Gasteiger partial charge in [0, 0.05) is 43.6 Å². The van der Waals surface area contributed by atoms with Crippen molar-refractivity contribution in [2.45, 2.75) is 56.3 Å². The molecule has 2 unspecified atom stereocenters. The van der Waals surface area contributed by atoms with Gasteiger partial charge in [-0.05, 0) is 91.1 Å². The minimum absolute atomic E-state index is 0.0259. The summed E-state index contributed by atoms with van der Waals surface area (Å²) in [6, 6.07) is 25.3. The zero-order chi connectivity index (χ0) is 29.1. The molecule has 0 aromatic heterocycles. The van der Waals surface area contributed by atoms with Crippen molar-refractivity contribution in [2.24, 2.45) is 11.8 Å². The Morgan fingerprint density at radius 1 is 0.976 bits per heavy atom. The number of carboxylic acid groups (broad SMARTS) is 1. The van der Waals surface area contributed by atoms with E-state index in [0.29, 0.717) is 24.8 Å². The highest BCUT2D eigenvalue weighted by Crippen LogP contribution is 2.47. The van der Waals surface area contributed by atoms with Crippen LogP contribution in [0.1, 0.15) is 59.8 Å². The summed E-state index contributed by atoms with van der Waals surface area (Å²) >= 11 is 0. The lowest BCUT2D eigenvalue weighted by atomic mass is 9.69. The first kappa shape index (κ1) is 28.7. The molecule has 222 valence electrons. The number of rotatable bonds is 9. The number of phenols is 1. The molecule has 7 heteroatoms. The summed E-state index contributed by atoms with van der Waals surface area (Å²) in [5.74, 6) is 0.419. The monoisotopic (exact) mass is 570 g/mol. The fourth-order valence-corrected chi connectivity index (χ4v) is 7.44. The van der Waals surface area contributed by atoms with Crippen LogP contribution in [0.3, 0.4) is 0 Å². The average Bonchev–Trinajstić information content (AvgIpc) is 3.51. The van der Waals surface area contributed by atoms with E-state index in [1.807, 2.05) is 12.1 Å².